The van der Waals surface area contributed by atoms with E-state index in [4.69, 9.17) is 0 Å². The molecule has 132 valence electrons. The van der Waals surface area contributed by atoms with Crippen molar-refractivity contribution in [2.75, 3.05) is 4.90 Å². The summed E-state index contributed by atoms with van der Waals surface area (Å²) in [4.78, 5) is 13.5. The Morgan fingerprint density at radius 2 is 1.56 bits per heavy atom. The van der Waals surface area contributed by atoms with Gasteiger partial charge in [0.25, 0.3) is 0 Å². The first-order valence-corrected chi connectivity index (χ1v) is 8.11. The summed E-state index contributed by atoms with van der Waals surface area (Å²) in [7, 11) is 0. The van der Waals surface area contributed by atoms with Crippen molar-refractivity contribution < 1.29 is 22.7 Å². The van der Waals surface area contributed by atoms with Gasteiger partial charge in [0.15, 0.2) is 0 Å². The molecular formula is C19H18F3NO2. The van der Waals surface area contributed by atoms with Crippen molar-refractivity contribution in [1.82, 2.24) is 0 Å². The molecule has 1 saturated carbocycles. The van der Waals surface area contributed by atoms with Crippen LogP contribution in [0.5, 0.6) is 5.75 Å². The number of carbonyl (C=O) groups is 1. The zero-order valence-electron chi connectivity index (χ0n) is 13.5. The molecule has 0 atom stereocenters. The van der Waals surface area contributed by atoms with Crippen LogP contribution in [0.3, 0.4) is 0 Å². The van der Waals surface area contributed by atoms with Gasteiger partial charge in [-0.05, 0) is 42.7 Å². The highest BCUT2D eigenvalue weighted by Crippen LogP contribution is 2.45. The van der Waals surface area contributed by atoms with Crippen LogP contribution in [0.15, 0.2) is 54.6 Å². The molecule has 1 amide bonds. The van der Waals surface area contributed by atoms with Gasteiger partial charge in [0.1, 0.15) is 5.75 Å². The Bertz CT molecular complexity index is 708. The first-order valence-electron chi connectivity index (χ1n) is 8.11. The van der Waals surface area contributed by atoms with E-state index in [0.717, 1.165) is 37.7 Å². The molecule has 6 heteroatoms. The third-order valence-corrected chi connectivity index (χ3v) is 4.66. The Kier molecular flexibility index (Phi) is 4.70. The fourth-order valence-electron chi connectivity index (χ4n) is 3.59. The molecule has 0 aromatic heterocycles. The molecule has 0 heterocycles. The van der Waals surface area contributed by atoms with Gasteiger partial charge in [-0.25, -0.2) is 0 Å². The van der Waals surface area contributed by atoms with Gasteiger partial charge in [0.2, 0.25) is 6.41 Å². The molecule has 0 unspecified atom stereocenters. The number of benzene rings is 2. The Balaban J connectivity index is 1.94. The SMILES string of the molecule is O=CN(c1ccc(OC(F)(F)F)cc1)C1(c2ccccc2)CCCC1. The minimum atomic E-state index is -4.73. The largest absolute Gasteiger partial charge is 0.573 e. The summed E-state index contributed by atoms with van der Waals surface area (Å²) in [6.07, 6.45) is -0.351. The van der Waals surface area contributed by atoms with Crippen LogP contribution in [0.25, 0.3) is 0 Å². The lowest BCUT2D eigenvalue weighted by Crippen LogP contribution is -2.43. The molecule has 0 saturated heterocycles. The molecule has 2 aromatic rings. The summed E-state index contributed by atoms with van der Waals surface area (Å²) < 4.78 is 40.8. The van der Waals surface area contributed by atoms with Crippen LogP contribution < -0.4 is 9.64 Å². The number of halogens is 3. The van der Waals surface area contributed by atoms with E-state index in [1.54, 1.807) is 4.90 Å². The molecule has 25 heavy (non-hydrogen) atoms. The van der Waals surface area contributed by atoms with Crippen LogP contribution in [0.2, 0.25) is 0 Å². The van der Waals surface area contributed by atoms with Crippen molar-refractivity contribution >= 4 is 12.1 Å². The number of alkyl halides is 3. The van der Waals surface area contributed by atoms with Gasteiger partial charge in [0, 0.05) is 5.69 Å². The summed E-state index contributed by atoms with van der Waals surface area (Å²) in [5, 5.41) is 0. The Morgan fingerprint density at radius 1 is 0.960 bits per heavy atom. The molecule has 3 rings (SSSR count). The van der Waals surface area contributed by atoms with Gasteiger partial charge in [0.05, 0.1) is 5.54 Å². The highest BCUT2D eigenvalue weighted by atomic mass is 19.4. The van der Waals surface area contributed by atoms with E-state index < -0.39 is 11.9 Å². The number of hydrogen-bond donors (Lipinski definition) is 0. The van der Waals surface area contributed by atoms with E-state index in [-0.39, 0.29) is 5.75 Å². The van der Waals surface area contributed by atoms with Crippen molar-refractivity contribution in [2.24, 2.45) is 0 Å². The van der Waals surface area contributed by atoms with Crippen LogP contribution in [0, 0.1) is 0 Å². The number of ether oxygens (including phenoxy) is 1. The quantitative estimate of drug-likeness (QED) is 0.710. The predicted octanol–water partition coefficient (Wildman–Crippen LogP) is 5.02. The number of nitrogens with zero attached hydrogens (tertiary/aromatic N) is 1. The van der Waals surface area contributed by atoms with E-state index in [2.05, 4.69) is 4.74 Å². The van der Waals surface area contributed by atoms with E-state index in [0.29, 0.717) is 5.69 Å². The van der Waals surface area contributed by atoms with E-state index in [1.807, 2.05) is 30.3 Å². The highest BCUT2D eigenvalue weighted by Gasteiger charge is 2.41. The molecule has 3 nitrogen and oxygen atoms in total. The zero-order chi connectivity index (χ0) is 17.9. The molecule has 0 radical (unpaired) electrons. The summed E-state index contributed by atoms with van der Waals surface area (Å²) >= 11 is 0. The van der Waals surface area contributed by atoms with Gasteiger partial charge < -0.3 is 9.64 Å². The predicted molar refractivity (Wildman–Crippen MR) is 88.3 cm³/mol. The van der Waals surface area contributed by atoms with Crippen LogP contribution in [0.4, 0.5) is 18.9 Å². The van der Waals surface area contributed by atoms with Crippen molar-refractivity contribution in [3.8, 4) is 5.75 Å². The number of amides is 1. The smallest absolute Gasteiger partial charge is 0.406 e. The molecule has 2 aromatic carbocycles. The van der Waals surface area contributed by atoms with Crippen molar-refractivity contribution in [3.63, 3.8) is 0 Å². The zero-order valence-corrected chi connectivity index (χ0v) is 13.5. The summed E-state index contributed by atoms with van der Waals surface area (Å²) in [5.41, 5.74) is 1.13. The van der Waals surface area contributed by atoms with Gasteiger partial charge in [-0.2, -0.15) is 0 Å². The van der Waals surface area contributed by atoms with Gasteiger partial charge >= 0.3 is 6.36 Å². The molecule has 0 bridgehead atoms. The van der Waals surface area contributed by atoms with Gasteiger partial charge in [-0.15, -0.1) is 13.2 Å². The van der Waals surface area contributed by atoms with Gasteiger partial charge in [-0.3, -0.25) is 4.79 Å². The lowest BCUT2D eigenvalue weighted by atomic mass is 9.86. The second-order valence-corrected chi connectivity index (χ2v) is 6.12. The van der Waals surface area contributed by atoms with E-state index >= 15 is 0 Å². The molecule has 0 N–H and O–H groups in total. The maximum Gasteiger partial charge on any atom is 0.573 e. The van der Waals surface area contributed by atoms with Crippen molar-refractivity contribution in [3.05, 3.63) is 60.2 Å². The van der Waals surface area contributed by atoms with Crippen LogP contribution in [0.1, 0.15) is 31.2 Å². The first-order chi connectivity index (χ1) is 11.9. The summed E-state index contributed by atoms with van der Waals surface area (Å²) in [6.45, 7) is 0. The normalized spacial score (nSPS) is 16.4. The molecule has 0 spiro atoms. The first kappa shape index (κ1) is 17.3. The summed E-state index contributed by atoms with van der Waals surface area (Å²) in [5.74, 6) is -0.303. The fourth-order valence-corrected chi connectivity index (χ4v) is 3.59. The Labute approximate surface area is 144 Å². The minimum absolute atomic E-state index is 0.303. The van der Waals surface area contributed by atoms with E-state index in [1.165, 1.54) is 24.3 Å². The maximum absolute atomic E-state index is 12.3. The minimum Gasteiger partial charge on any atom is -0.406 e. The maximum atomic E-state index is 12.3. The van der Waals surface area contributed by atoms with Crippen LogP contribution in [-0.2, 0) is 10.3 Å². The molecule has 1 fully saturated rings. The average Bonchev–Trinajstić information content (AvgIpc) is 3.07. The molecule has 0 aliphatic heterocycles. The van der Waals surface area contributed by atoms with Gasteiger partial charge in [-0.1, -0.05) is 43.2 Å². The summed E-state index contributed by atoms with van der Waals surface area (Å²) in [6, 6.07) is 15.2. The molecular weight excluding hydrogens is 331 g/mol. The van der Waals surface area contributed by atoms with Crippen LogP contribution in [-0.4, -0.2) is 12.8 Å². The standard InChI is InChI=1S/C19H18F3NO2/c20-19(21,22)25-17-10-8-16(9-11-17)23(14-24)18(12-4-5-13-18)15-6-2-1-3-7-15/h1-3,6-11,14H,4-5,12-13H2. The number of anilines is 1. The molecule has 1 aliphatic carbocycles. The average molecular weight is 349 g/mol. The monoisotopic (exact) mass is 349 g/mol. The lowest BCUT2D eigenvalue weighted by Gasteiger charge is -2.39. The topological polar surface area (TPSA) is 29.5 Å². The third kappa shape index (κ3) is 3.62. The lowest BCUT2D eigenvalue weighted by molar-refractivity contribution is -0.274. The number of hydrogen-bond acceptors (Lipinski definition) is 2. The Morgan fingerprint density at radius 3 is 2.08 bits per heavy atom. The highest BCUT2D eigenvalue weighted by molar-refractivity contribution is 5.78. The van der Waals surface area contributed by atoms with E-state index in [9.17, 15) is 18.0 Å². The van der Waals surface area contributed by atoms with Crippen LogP contribution >= 0.6 is 0 Å². The fraction of sp³-hybridized carbons (Fsp3) is 0.316. The third-order valence-electron chi connectivity index (χ3n) is 4.66. The Hall–Kier alpha value is -2.50. The van der Waals surface area contributed by atoms with Crippen molar-refractivity contribution in [1.29, 1.82) is 0 Å². The molecule has 1 aliphatic rings. The van der Waals surface area contributed by atoms with Crippen molar-refractivity contribution in [2.45, 2.75) is 37.6 Å². The second-order valence-electron chi connectivity index (χ2n) is 6.12. The number of rotatable bonds is 5. The second kappa shape index (κ2) is 6.78. The number of carbonyl (C=O) groups excluding carboxylic acids is 1.